The van der Waals surface area contributed by atoms with Gasteiger partial charge in [0, 0.05) is 12.6 Å². The number of sulfonamides is 1. The molecule has 11 heteroatoms. The predicted molar refractivity (Wildman–Crippen MR) is 87.7 cm³/mol. The monoisotopic (exact) mass is 398 g/mol. The molecule has 0 fully saturated rings. The van der Waals surface area contributed by atoms with E-state index in [1.54, 1.807) is 6.07 Å². The number of benzene rings is 1. The summed E-state index contributed by atoms with van der Waals surface area (Å²) in [4.78, 5) is 0.0524. The predicted octanol–water partition coefficient (Wildman–Crippen LogP) is 2.16. The molecule has 1 aliphatic rings. The van der Waals surface area contributed by atoms with Gasteiger partial charge in [0.1, 0.15) is 11.3 Å². The van der Waals surface area contributed by atoms with Gasteiger partial charge >= 0.3 is 6.18 Å². The maximum Gasteiger partial charge on any atom is 0.420 e. The van der Waals surface area contributed by atoms with Crippen LogP contribution in [0.4, 0.5) is 13.2 Å². The van der Waals surface area contributed by atoms with Crippen LogP contribution in [0.15, 0.2) is 41.4 Å². The summed E-state index contributed by atoms with van der Waals surface area (Å²) >= 11 is 0. The van der Waals surface area contributed by atoms with Gasteiger partial charge in [-0.25, -0.2) is 13.1 Å². The molecule has 0 bridgehead atoms. The van der Waals surface area contributed by atoms with E-state index in [1.807, 2.05) is 0 Å². The number of fused-ring (bicyclic) bond motifs is 2. The molecule has 7 nitrogen and oxygen atoms in total. The highest BCUT2D eigenvalue weighted by molar-refractivity contribution is 7.89. The summed E-state index contributed by atoms with van der Waals surface area (Å²) in [6.45, 7) is 0.192. The van der Waals surface area contributed by atoms with Crippen molar-refractivity contribution in [1.82, 2.24) is 19.3 Å². The molecule has 27 heavy (non-hydrogen) atoms. The van der Waals surface area contributed by atoms with Crippen molar-refractivity contribution < 1.29 is 26.3 Å². The molecule has 2 aromatic heterocycles. The third-order valence-electron chi connectivity index (χ3n) is 4.20. The SMILES string of the molecule is O=S(=O)(NCc1nnc2c(C(F)(F)F)cccn12)c1ccc2c(c1)CCO2. The molecular weight excluding hydrogens is 385 g/mol. The lowest BCUT2D eigenvalue weighted by atomic mass is 10.2. The molecule has 1 aromatic carbocycles. The molecule has 3 heterocycles. The van der Waals surface area contributed by atoms with Gasteiger partial charge in [0.05, 0.1) is 18.0 Å². The number of hydrogen-bond donors (Lipinski definition) is 1. The zero-order chi connectivity index (χ0) is 19.2. The number of hydrogen-bond acceptors (Lipinski definition) is 5. The maximum atomic E-state index is 13.0. The molecule has 0 saturated heterocycles. The minimum absolute atomic E-state index is 0.0455. The fraction of sp³-hybridized carbons (Fsp3) is 0.250. The third-order valence-corrected chi connectivity index (χ3v) is 5.60. The lowest BCUT2D eigenvalue weighted by Gasteiger charge is -2.09. The molecular formula is C16H13F3N4O3S. The first kappa shape index (κ1) is 17.7. The number of halogens is 3. The third kappa shape index (κ3) is 3.23. The van der Waals surface area contributed by atoms with Gasteiger partial charge in [-0.15, -0.1) is 10.2 Å². The first-order valence-corrected chi connectivity index (χ1v) is 9.39. The second kappa shape index (κ2) is 6.20. The fourth-order valence-electron chi connectivity index (χ4n) is 2.88. The van der Waals surface area contributed by atoms with Gasteiger partial charge < -0.3 is 4.74 Å². The van der Waals surface area contributed by atoms with Crippen molar-refractivity contribution in [3.63, 3.8) is 0 Å². The van der Waals surface area contributed by atoms with Gasteiger partial charge in [-0.2, -0.15) is 13.2 Å². The van der Waals surface area contributed by atoms with E-state index in [0.717, 1.165) is 16.0 Å². The van der Waals surface area contributed by atoms with Crippen LogP contribution in [0.25, 0.3) is 5.65 Å². The Morgan fingerprint density at radius 3 is 2.81 bits per heavy atom. The quantitative estimate of drug-likeness (QED) is 0.728. The van der Waals surface area contributed by atoms with Crippen molar-refractivity contribution >= 4 is 15.7 Å². The molecule has 0 saturated carbocycles. The molecule has 4 rings (SSSR count). The van der Waals surface area contributed by atoms with Crippen molar-refractivity contribution in [2.24, 2.45) is 0 Å². The molecule has 0 radical (unpaired) electrons. The molecule has 0 aliphatic carbocycles. The summed E-state index contributed by atoms with van der Waals surface area (Å²) in [5, 5.41) is 7.24. The second-order valence-electron chi connectivity index (χ2n) is 5.92. The summed E-state index contributed by atoms with van der Waals surface area (Å²) in [6.07, 6.45) is -2.62. The van der Waals surface area contributed by atoms with Crippen LogP contribution in [0.2, 0.25) is 0 Å². The van der Waals surface area contributed by atoms with E-state index < -0.39 is 21.8 Å². The molecule has 0 spiro atoms. The minimum atomic E-state index is -4.58. The first-order valence-electron chi connectivity index (χ1n) is 7.91. The topological polar surface area (TPSA) is 85.6 Å². The highest BCUT2D eigenvalue weighted by Gasteiger charge is 2.34. The molecule has 0 amide bonds. The van der Waals surface area contributed by atoms with Crippen LogP contribution in [-0.2, 0) is 29.2 Å². The number of alkyl halides is 3. The van der Waals surface area contributed by atoms with Gasteiger partial charge in [0.15, 0.2) is 11.5 Å². The molecule has 142 valence electrons. The average molecular weight is 398 g/mol. The minimum Gasteiger partial charge on any atom is -0.493 e. The molecule has 0 atom stereocenters. The second-order valence-corrected chi connectivity index (χ2v) is 7.69. The van der Waals surface area contributed by atoms with Crippen LogP contribution in [0.5, 0.6) is 5.75 Å². The van der Waals surface area contributed by atoms with Crippen LogP contribution in [0.3, 0.4) is 0 Å². The molecule has 1 N–H and O–H groups in total. The summed E-state index contributed by atoms with van der Waals surface area (Å²) < 4.78 is 72.9. The zero-order valence-electron chi connectivity index (χ0n) is 13.7. The lowest BCUT2D eigenvalue weighted by Crippen LogP contribution is -2.24. The summed E-state index contributed by atoms with van der Waals surface area (Å²) in [5.41, 5.74) is -0.528. The van der Waals surface area contributed by atoms with E-state index in [-0.39, 0.29) is 22.9 Å². The maximum absolute atomic E-state index is 13.0. The average Bonchev–Trinajstić information content (AvgIpc) is 3.25. The van der Waals surface area contributed by atoms with Crippen molar-refractivity contribution in [2.45, 2.75) is 24.0 Å². The number of nitrogens with one attached hydrogen (secondary N) is 1. The Bertz CT molecular complexity index is 1130. The van der Waals surface area contributed by atoms with Crippen molar-refractivity contribution in [3.05, 3.63) is 53.5 Å². The largest absolute Gasteiger partial charge is 0.493 e. The lowest BCUT2D eigenvalue weighted by molar-refractivity contribution is -0.136. The Labute approximate surface area is 151 Å². The summed E-state index contributed by atoms with van der Waals surface area (Å²) in [6, 6.07) is 6.62. The van der Waals surface area contributed by atoms with Gasteiger partial charge in [-0.3, -0.25) is 4.40 Å². The molecule has 3 aromatic rings. The van der Waals surface area contributed by atoms with Gasteiger partial charge in [-0.1, -0.05) is 0 Å². The van der Waals surface area contributed by atoms with Crippen molar-refractivity contribution in [2.75, 3.05) is 6.61 Å². The van der Waals surface area contributed by atoms with E-state index >= 15 is 0 Å². The standard InChI is InChI=1S/C16H13F3N4O3S/c17-16(18,19)12-2-1-6-23-14(21-22-15(12)23)9-20-27(24,25)11-3-4-13-10(8-11)5-7-26-13/h1-4,6,8,20H,5,7,9H2. The number of nitrogens with zero attached hydrogens (tertiary/aromatic N) is 3. The van der Waals surface area contributed by atoms with E-state index in [1.165, 1.54) is 24.4 Å². The number of aromatic nitrogens is 3. The number of pyridine rings is 1. The van der Waals surface area contributed by atoms with Crippen LogP contribution < -0.4 is 9.46 Å². The summed E-state index contributed by atoms with van der Waals surface area (Å²) in [5.74, 6) is 0.696. The van der Waals surface area contributed by atoms with Crippen molar-refractivity contribution in [1.29, 1.82) is 0 Å². The van der Waals surface area contributed by atoms with E-state index in [4.69, 9.17) is 4.74 Å². The molecule has 0 unspecified atom stereocenters. The zero-order valence-corrected chi connectivity index (χ0v) is 14.5. The van der Waals surface area contributed by atoms with Crippen molar-refractivity contribution in [3.8, 4) is 5.75 Å². The van der Waals surface area contributed by atoms with Crippen LogP contribution >= 0.6 is 0 Å². The highest BCUT2D eigenvalue weighted by Crippen LogP contribution is 2.32. The molecule has 1 aliphatic heterocycles. The highest BCUT2D eigenvalue weighted by atomic mass is 32.2. The smallest absolute Gasteiger partial charge is 0.420 e. The normalized spacial score (nSPS) is 14.3. The number of ether oxygens (including phenoxy) is 1. The van der Waals surface area contributed by atoms with Gasteiger partial charge in [0.2, 0.25) is 10.0 Å². The van der Waals surface area contributed by atoms with Gasteiger partial charge in [0.25, 0.3) is 0 Å². The van der Waals surface area contributed by atoms with E-state index in [2.05, 4.69) is 14.9 Å². The van der Waals surface area contributed by atoms with Gasteiger partial charge in [-0.05, 0) is 35.9 Å². The number of rotatable bonds is 4. The van der Waals surface area contributed by atoms with Crippen LogP contribution in [0, 0.1) is 0 Å². The summed E-state index contributed by atoms with van der Waals surface area (Å²) in [7, 11) is -3.87. The van der Waals surface area contributed by atoms with E-state index in [0.29, 0.717) is 18.8 Å². The van der Waals surface area contributed by atoms with Crippen LogP contribution in [0.1, 0.15) is 17.0 Å². The fourth-order valence-corrected chi connectivity index (χ4v) is 3.91. The first-order chi connectivity index (χ1) is 12.8. The Morgan fingerprint density at radius 1 is 1.22 bits per heavy atom. The Hall–Kier alpha value is -2.66. The Kier molecular flexibility index (Phi) is 4.07. The van der Waals surface area contributed by atoms with E-state index in [9.17, 15) is 21.6 Å². The Balaban J connectivity index is 1.60. The van der Waals surface area contributed by atoms with Crippen LogP contribution in [-0.4, -0.2) is 29.6 Å². The Morgan fingerprint density at radius 2 is 2.04 bits per heavy atom.